The van der Waals surface area contributed by atoms with Crippen molar-refractivity contribution in [2.75, 3.05) is 19.0 Å². The molecular formula is C14H20O3S. The van der Waals surface area contributed by atoms with Crippen molar-refractivity contribution >= 4 is 17.7 Å². The van der Waals surface area contributed by atoms with Crippen LogP contribution in [-0.2, 0) is 9.53 Å². The van der Waals surface area contributed by atoms with Crippen LogP contribution in [0.25, 0.3) is 0 Å². The molecule has 0 heterocycles. The van der Waals surface area contributed by atoms with Gasteiger partial charge in [0.1, 0.15) is 5.75 Å². The minimum absolute atomic E-state index is 0.290. The van der Waals surface area contributed by atoms with Crippen molar-refractivity contribution in [1.29, 1.82) is 0 Å². The summed E-state index contributed by atoms with van der Waals surface area (Å²) in [4.78, 5) is 11.9. The van der Waals surface area contributed by atoms with Crippen LogP contribution in [0.4, 0.5) is 0 Å². The Hall–Kier alpha value is -1.00. The number of carbonyl (C=O) groups excluding carboxylic acids is 1. The summed E-state index contributed by atoms with van der Waals surface area (Å²) in [5, 5.41) is 0. The van der Waals surface area contributed by atoms with Crippen LogP contribution < -0.4 is 4.74 Å². The van der Waals surface area contributed by atoms with Crippen LogP contribution in [0, 0.1) is 0 Å². The van der Waals surface area contributed by atoms with Gasteiger partial charge in [0.15, 0.2) is 0 Å². The number of benzene rings is 1. The van der Waals surface area contributed by atoms with E-state index in [1.165, 1.54) is 6.92 Å². The smallest absolute Gasteiger partial charge is 0.308 e. The first-order valence-electron chi connectivity index (χ1n) is 6.22. The summed E-state index contributed by atoms with van der Waals surface area (Å²) in [6, 6.07) is 7.56. The van der Waals surface area contributed by atoms with Crippen molar-refractivity contribution in [2.45, 2.75) is 31.6 Å². The van der Waals surface area contributed by atoms with Gasteiger partial charge in [-0.2, -0.15) is 0 Å². The Kier molecular flexibility index (Phi) is 7.53. The van der Waals surface area contributed by atoms with E-state index < -0.39 is 0 Å². The normalized spacial score (nSPS) is 10.3. The van der Waals surface area contributed by atoms with E-state index in [0.717, 1.165) is 36.7 Å². The van der Waals surface area contributed by atoms with Gasteiger partial charge in [-0.1, -0.05) is 25.5 Å². The number of unbranched alkanes of at least 4 members (excludes halogenated alkanes) is 1. The van der Waals surface area contributed by atoms with Gasteiger partial charge < -0.3 is 9.47 Å². The monoisotopic (exact) mass is 268 g/mol. The number of rotatable bonds is 8. The molecule has 0 aromatic heterocycles. The molecule has 1 aromatic carbocycles. The molecule has 0 fully saturated rings. The molecular weight excluding hydrogens is 248 g/mol. The van der Waals surface area contributed by atoms with Gasteiger partial charge >= 0.3 is 5.97 Å². The van der Waals surface area contributed by atoms with Crippen LogP contribution in [0.2, 0.25) is 0 Å². The number of para-hydroxylation sites is 1. The number of carbonyl (C=O) groups is 1. The third-order valence-corrected chi connectivity index (χ3v) is 3.25. The van der Waals surface area contributed by atoms with Crippen LogP contribution in [0.5, 0.6) is 5.75 Å². The quantitative estimate of drug-likeness (QED) is 0.313. The van der Waals surface area contributed by atoms with E-state index in [0.29, 0.717) is 5.75 Å². The molecule has 100 valence electrons. The Labute approximate surface area is 113 Å². The summed E-state index contributed by atoms with van der Waals surface area (Å²) in [6.07, 6.45) is 2.26. The van der Waals surface area contributed by atoms with E-state index in [9.17, 15) is 4.79 Å². The predicted octanol–water partition coefficient (Wildman–Crippen LogP) is 3.52. The molecule has 3 nitrogen and oxygen atoms in total. The van der Waals surface area contributed by atoms with Crippen LogP contribution in [-0.4, -0.2) is 24.9 Å². The second-order valence-electron chi connectivity index (χ2n) is 3.85. The molecule has 0 amide bonds. The van der Waals surface area contributed by atoms with Crippen molar-refractivity contribution in [1.82, 2.24) is 0 Å². The molecule has 18 heavy (non-hydrogen) atoms. The first-order chi connectivity index (χ1) is 8.74. The average molecular weight is 268 g/mol. The number of hydrogen-bond donors (Lipinski definition) is 0. The maximum atomic E-state index is 11.0. The summed E-state index contributed by atoms with van der Waals surface area (Å²) in [7, 11) is 0. The molecule has 0 bridgehead atoms. The van der Waals surface area contributed by atoms with E-state index >= 15 is 0 Å². The van der Waals surface area contributed by atoms with Gasteiger partial charge in [-0.3, -0.25) is 4.79 Å². The summed E-state index contributed by atoms with van der Waals surface area (Å²) in [5.41, 5.74) is 0. The topological polar surface area (TPSA) is 35.5 Å². The highest BCUT2D eigenvalue weighted by Gasteiger charge is 2.05. The zero-order valence-corrected chi connectivity index (χ0v) is 11.8. The summed E-state index contributed by atoms with van der Waals surface area (Å²) in [5.74, 6) is 1.20. The zero-order valence-electron chi connectivity index (χ0n) is 11.0. The molecule has 0 aliphatic carbocycles. The Morgan fingerprint density at radius 2 is 2.06 bits per heavy atom. The van der Waals surface area contributed by atoms with Crippen LogP contribution >= 0.6 is 11.8 Å². The minimum atomic E-state index is -0.290. The predicted molar refractivity (Wildman–Crippen MR) is 74.2 cm³/mol. The molecule has 0 saturated carbocycles. The van der Waals surface area contributed by atoms with Crippen molar-refractivity contribution < 1.29 is 14.3 Å². The fourth-order valence-corrected chi connectivity index (χ4v) is 2.22. The number of thioether (sulfide) groups is 1. The van der Waals surface area contributed by atoms with Crippen LogP contribution in [0.3, 0.4) is 0 Å². The first-order valence-corrected chi connectivity index (χ1v) is 7.20. The lowest BCUT2D eigenvalue weighted by atomic mass is 10.3. The Morgan fingerprint density at radius 3 is 2.78 bits per heavy atom. The third-order valence-electron chi connectivity index (χ3n) is 2.23. The summed E-state index contributed by atoms with van der Waals surface area (Å²) >= 11 is 1.64. The molecule has 0 aliphatic rings. The lowest BCUT2D eigenvalue weighted by molar-refractivity contribution is -0.132. The Bertz CT molecular complexity index is 366. The number of hydrogen-bond acceptors (Lipinski definition) is 4. The van der Waals surface area contributed by atoms with E-state index in [4.69, 9.17) is 9.47 Å². The van der Waals surface area contributed by atoms with E-state index in [1.54, 1.807) is 11.8 Å². The summed E-state index contributed by atoms with van der Waals surface area (Å²) < 4.78 is 10.6. The van der Waals surface area contributed by atoms with Gasteiger partial charge in [0.2, 0.25) is 0 Å². The lowest BCUT2D eigenvalue weighted by Crippen LogP contribution is -2.03. The van der Waals surface area contributed by atoms with Crippen LogP contribution in [0.15, 0.2) is 29.2 Å². The number of ether oxygens (including phenoxy) is 2. The largest absolute Gasteiger partial charge is 0.426 e. The Balaban J connectivity index is 2.34. The number of esters is 1. The molecule has 1 rings (SSSR count). The van der Waals surface area contributed by atoms with Gasteiger partial charge in [0.25, 0.3) is 0 Å². The van der Waals surface area contributed by atoms with Gasteiger partial charge in [-0.05, 0) is 18.6 Å². The van der Waals surface area contributed by atoms with Gasteiger partial charge in [-0.15, -0.1) is 11.8 Å². The second kappa shape index (κ2) is 9.00. The first kappa shape index (κ1) is 15.1. The fraction of sp³-hybridized carbons (Fsp3) is 0.500. The molecule has 0 spiro atoms. The minimum Gasteiger partial charge on any atom is -0.426 e. The molecule has 0 N–H and O–H groups in total. The lowest BCUT2D eigenvalue weighted by Gasteiger charge is -2.08. The maximum absolute atomic E-state index is 11.0. The van der Waals surface area contributed by atoms with Crippen molar-refractivity contribution in [3.05, 3.63) is 24.3 Å². The molecule has 0 aliphatic heterocycles. The molecule has 0 unspecified atom stereocenters. The highest BCUT2D eigenvalue weighted by molar-refractivity contribution is 7.99. The van der Waals surface area contributed by atoms with E-state index in [-0.39, 0.29) is 5.97 Å². The standard InChI is InChI=1S/C14H20O3S/c1-3-4-9-16-10-11-18-14-8-6-5-7-13(14)17-12(2)15/h5-8H,3-4,9-11H2,1-2H3. The second-order valence-corrected chi connectivity index (χ2v) is 4.99. The molecule has 0 atom stereocenters. The molecule has 0 radical (unpaired) electrons. The fourth-order valence-electron chi connectivity index (χ4n) is 1.37. The van der Waals surface area contributed by atoms with Crippen molar-refractivity contribution in [2.24, 2.45) is 0 Å². The van der Waals surface area contributed by atoms with Gasteiger partial charge in [0.05, 0.1) is 11.5 Å². The van der Waals surface area contributed by atoms with Gasteiger partial charge in [-0.25, -0.2) is 0 Å². The van der Waals surface area contributed by atoms with Crippen molar-refractivity contribution in [3.63, 3.8) is 0 Å². The average Bonchev–Trinajstić information content (AvgIpc) is 2.35. The van der Waals surface area contributed by atoms with E-state index in [2.05, 4.69) is 6.92 Å². The van der Waals surface area contributed by atoms with Crippen LogP contribution in [0.1, 0.15) is 26.7 Å². The third kappa shape index (κ3) is 6.07. The highest BCUT2D eigenvalue weighted by atomic mass is 32.2. The molecule has 1 aromatic rings. The SMILES string of the molecule is CCCCOCCSc1ccccc1OC(C)=O. The maximum Gasteiger partial charge on any atom is 0.308 e. The van der Waals surface area contributed by atoms with Gasteiger partial charge in [0, 0.05) is 19.3 Å². The molecule has 0 saturated heterocycles. The molecule has 4 heteroatoms. The Morgan fingerprint density at radius 1 is 1.28 bits per heavy atom. The zero-order chi connectivity index (χ0) is 13.2. The highest BCUT2D eigenvalue weighted by Crippen LogP contribution is 2.28. The van der Waals surface area contributed by atoms with E-state index in [1.807, 2.05) is 24.3 Å². The summed E-state index contributed by atoms with van der Waals surface area (Å²) in [6.45, 7) is 5.10. The van der Waals surface area contributed by atoms with Crippen molar-refractivity contribution in [3.8, 4) is 5.75 Å².